The molecule has 1 unspecified atom stereocenters. The molecule has 114 valence electrons. The third kappa shape index (κ3) is 8.93. The highest BCUT2D eigenvalue weighted by atomic mass is 19.5. The van der Waals surface area contributed by atoms with Gasteiger partial charge in [0.2, 0.25) is 0 Å². The monoisotopic (exact) mass is 292 g/mol. The van der Waals surface area contributed by atoms with Crippen LogP contribution in [0.1, 0.15) is 12.0 Å². The quantitative estimate of drug-likeness (QED) is 0.656. The summed E-state index contributed by atoms with van der Waals surface area (Å²) < 4.78 is 39.0. The van der Waals surface area contributed by atoms with Crippen LogP contribution in [-0.2, 0) is 6.42 Å². The van der Waals surface area contributed by atoms with Crippen molar-refractivity contribution in [1.29, 1.82) is 0 Å². The maximum Gasteiger partial charge on any atom is 0.673 e. The van der Waals surface area contributed by atoms with E-state index in [4.69, 9.17) is 0 Å². The van der Waals surface area contributed by atoms with Gasteiger partial charge in [-0.25, -0.2) is 0 Å². The number of halogens is 4. The van der Waals surface area contributed by atoms with Gasteiger partial charge in [-0.05, 0) is 18.4 Å². The van der Waals surface area contributed by atoms with Crippen molar-refractivity contribution in [2.24, 2.45) is 0 Å². The molecule has 0 aliphatic carbocycles. The predicted octanol–water partition coefficient (Wildman–Crippen LogP) is 1.71. The van der Waals surface area contributed by atoms with Crippen LogP contribution in [0.5, 0.6) is 0 Å². The molecule has 0 saturated carbocycles. The first-order valence-electron chi connectivity index (χ1n) is 6.79. The van der Waals surface area contributed by atoms with E-state index < -0.39 is 7.25 Å². The maximum absolute atomic E-state index is 9.75. The molecule has 1 fully saturated rings. The Labute approximate surface area is 117 Å². The fraction of sp³-hybridized carbons (Fsp3) is 0.538. The summed E-state index contributed by atoms with van der Waals surface area (Å²) in [6.07, 6.45) is 2.51. The van der Waals surface area contributed by atoms with E-state index in [1.165, 1.54) is 44.7 Å². The SMILES string of the molecule is C[NH+]1CCN(CCCc2ccccc2)C1.F[B-](F)(F)F. The summed E-state index contributed by atoms with van der Waals surface area (Å²) in [6, 6.07) is 10.8. The lowest BCUT2D eigenvalue weighted by atomic mass is 10.1. The van der Waals surface area contributed by atoms with Gasteiger partial charge in [-0.2, -0.15) is 0 Å². The highest BCUT2D eigenvalue weighted by Crippen LogP contribution is 2.06. The number of likely N-dealkylation sites (N-methyl/N-ethyl adjacent to an activating group) is 1. The van der Waals surface area contributed by atoms with Crippen LogP contribution in [0.15, 0.2) is 30.3 Å². The average molecular weight is 292 g/mol. The normalized spacial score (nSPS) is 19.6. The number of aryl methyl sites for hydroxylation is 1. The topological polar surface area (TPSA) is 7.68 Å². The number of rotatable bonds is 4. The van der Waals surface area contributed by atoms with Crippen molar-refractivity contribution in [2.75, 3.05) is 33.4 Å². The Bertz CT molecular complexity index is 366. The first-order valence-corrected chi connectivity index (χ1v) is 6.79. The van der Waals surface area contributed by atoms with Crippen LogP contribution in [-0.4, -0.2) is 45.5 Å². The Balaban J connectivity index is 0.000000347. The lowest BCUT2D eigenvalue weighted by molar-refractivity contribution is -0.871. The molecule has 0 aromatic heterocycles. The summed E-state index contributed by atoms with van der Waals surface area (Å²) in [5.41, 5.74) is 1.47. The molecule has 1 aromatic rings. The molecular formula is C13H21BF4N2. The molecule has 20 heavy (non-hydrogen) atoms. The Morgan fingerprint density at radius 1 is 1.15 bits per heavy atom. The average Bonchev–Trinajstić information content (AvgIpc) is 2.74. The molecule has 0 radical (unpaired) electrons. The summed E-state index contributed by atoms with van der Waals surface area (Å²) in [5.74, 6) is 0. The minimum atomic E-state index is -6.00. The largest absolute Gasteiger partial charge is 0.673 e. The summed E-state index contributed by atoms with van der Waals surface area (Å²) in [7, 11) is -3.73. The molecule has 0 spiro atoms. The van der Waals surface area contributed by atoms with E-state index >= 15 is 0 Å². The zero-order chi connectivity index (χ0) is 15.0. The van der Waals surface area contributed by atoms with Crippen molar-refractivity contribution in [3.05, 3.63) is 35.9 Å². The smallest absolute Gasteiger partial charge is 0.418 e. The zero-order valence-electron chi connectivity index (χ0n) is 11.7. The number of nitrogens with one attached hydrogen (secondary N) is 1. The number of hydrogen-bond donors (Lipinski definition) is 1. The zero-order valence-corrected chi connectivity index (χ0v) is 11.7. The first kappa shape index (κ1) is 17.0. The fourth-order valence-corrected chi connectivity index (χ4v) is 2.23. The molecular weight excluding hydrogens is 271 g/mol. The van der Waals surface area contributed by atoms with E-state index in [0.29, 0.717) is 0 Å². The molecule has 1 saturated heterocycles. The number of quaternary nitrogens is 1. The summed E-state index contributed by atoms with van der Waals surface area (Å²) >= 11 is 0. The van der Waals surface area contributed by atoms with Crippen LogP contribution in [0.3, 0.4) is 0 Å². The molecule has 0 bridgehead atoms. The minimum Gasteiger partial charge on any atom is -0.418 e. The van der Waals surface area contributed by atoms with E-state index in [9.17, 15) is 17.3 Å². The second-order valence-corrected chi connectivity index (χ2v) is 5.07. The molecule has 1 aromatic carbocycles. The van der Waals surface area contributed by atoms with Gasteiger partial charge in [-0.3, -0.25) is 4.90 Å². The van der Waals surface area contributed by atoms with Crippen molar-refractivity contribution in [3.8, 4) is 0 Å². The van der Waals surface area contributed by atoms with Gasteiger partial charge in [-0.1, -0.05) is 30.3 Å². The van der Waals surface area contributed by atoms with Gasteiger partial charge < -0.3 is 22.2 Å². The Morgan fingerprint density at radius 2 is 1.75 bits per heavy atom. The van der Waals surface area contributed by atoms with Crippen molar-refractivity contribution < 1.29 is 22.2 Å². The minimum absolute atomic E-state index is 1.22. The number of hydrogen-bond acceptors (Lipinski definition) is 1. The highest BCUT2D eigenvalue weighted by molar-refractivity contribution is 6.50. The van der Waals surface area contributed by atoms with Crippen LogP contribution in [0.4, 0.5) is 17.3 Å². The van der Waals surface area contributed by atoms with Gasteiger partial charge in [0.1, 0.15) is 6.67 Å². The van der Waals surface area contributed by atoms with Gasteiger partial charge in [-0.15, -0.1) is 0 Å². The lowest BCUT2D eigenvalue weighted by Crippen LogP contribution is -3.07. The lowest BCUT2D eigenvalue weighted by Gasteiger charge is -2.12. The number of benzene rings is 1. The van der Waals surface area contributed by atoms with Gasteiger partial charge >= 0.3 is 7.25 Å². The van der Waals surface area contributed by atoms with Gasteiger partial charge in [0, 0.05) is 6.54 Å². The Hall–Kier alpha value is -1.08. The third-order valence-corrected chi connectivity index (χ3v) is 3.13. The van der Waals surface area contributed by atoms with Crippen LogP contribution < -0.4 is 4.90 Å². The second-order valence-electron chi connectivity index (χ2n) is 5.07. The first-order chi connectivity index (χ1) is 9.34. The van der Waals surface area contributed by atoms with Crippen LogP contribution >= 0.6 is 0 Å². The Kier molecular flexibility index (Phi) is 7.02. The molecule has 1 aliphatic heterocycles. The van der Waals surface area contributed by atoms with Crippen molar-refractivity contribution in [2.45, 2.75) is 12.8 Å². The predicted molar refractivity (Wildman–Crippen MR) is 73.1 cm³/mol. The number of nitrogens with zero attached hydrogens (tertiary/aromatic N) is 1. The highest BCUT2D eigenvalue weighted by Gasteiger charge is 2.20. The van der Waals surface area contributed by atoms with E-state index in [0.717, 1.165) is 0 Å². The summed E-state index contributed by atoms with van der Waals surface area (Å²) in [6.45, 7) is 5.08. The molecule has 1 N–H and O–H groups in total. The fourth-order valence-electron chi connectivity index (χ4n) is 2.23. The molecule has 7 heteroatoms. The summed E-state index contributed by atoms with van der Waals surface area (Å²) in [5, 5.41) is 0. The summed E-state index contributed by atoms with van der Waals surface area (Å²) in [4.78, 5) is 4.22. The van der Waals surface area contributed by atoms with E-state index in [1.807, 2.05) is 0 Å². The van der Waals surface area contributed by atoms with E-state index in [1.54, 1.807) is 4.90 Å². The van der Waals surface area contributed by atoms with Crippen molar-refractivity contribution >= 4 is 7.25 Å². The van der Waals surface area contributed by atoms with Gasteiger partial charge in [0.15, 0.2) is 0 Å². The molecule has 0 amide bonds. The van der Waals surface area contributed by atoms with Gasteiger partial charge in [0.05, 0.1) is 20.1 Å². The third-order valence-electron chi connectivity index (χ3n) is 3.13. The maximum atomic E-state index is 9.75. The van der Waals surface area contributed by atoms with E-state index in [-0.39, 0.29) is 0 Å². The van der Waals surface area contributed by atoms with Crippen LogP contribution in [0.2, 0.25) is 0 Å². The van der Waals surface area contributed by atoms with Crippen LogP contribution in [0.25, 0.3) is 0 Å². The van der Waals surface area contributed by atoms with Crippen molar-refractivity contribution in [3.63, 3.8) is 0 Å². The molecule has 1 aliphatic rings. The van der Waals surface area contributed by atoms with Crippen molar-refractivity contribution in [1.82, 2.24) is 4.90 Å². The molecule has 2 nitrogen and oxygen atoms in total. The molecule has 2 rings (SSSR count). The van der Waals surface area contributed by atoms with E-state index in [2.05, 4.69) is 42.3 Å². The molecule has 1 atom stereocenters. The Morgan fingerprint density at radius 3 is 2.25 bits per heavy atom. The van der Waals surface area contributed by atoms with Crippen LogP contribution in [0, 0.1) is 0 Å². The molecule has 1 heterocycles. The van der Waals surface area contributed by atoms with Gasteiger partial charge in [0.25, 0.3) is 0 Å². The second kappa shape index (κ2) is 8.27. The standard InChI is InChI=1S/C13H20N2.BF4/c1-14-10-11-15(12-14)9-5-8-13-6-3-2-4-7-13;2-1(3,4)5/h2-4,6-7H,5,8-12H2,1H3;/q;-1/p+1.